The van der Waals surface area contributed by atoms with Crippen LogP contribution in [-0.2, 0) is 11.0 Å². The summed E-state index contributed by atoms with van der Waals surface area (Å²) in [4.78, 5) is 5.22. The van der Waals surface area contributed by atoms with Gasteiger partial charge >= 0.3 is 0 Å². The van der Waals surface area contributed by atoms with Crippen molar-refractivity contribution in [1.82, 2.24) is 9.71 Å². The molecule has 0 saturated heterocycles. The Kier molecular flexibility index (Phi) is 5.65. The summed E-state index contributed by atoms with van der Waals surface area (Å²) in [6.45, 7) is 7.15. The van der Waals surface area contributed by atoms with E-state index in [2.05, 4.69) is 9.71 Å². The second-order valence-electron chi connectivity index (χ2n) is 6.20. The molecule has 0 bridgehead atoms. The number of aromatic nitrogens is 1. The molecule has 2 aromatic rings. The molecule has 23 heavy (non-hydrogen) atoms. The molecule has 1 aromatic heterocycles. The molecule has 0 aliphatic rings. The molecule has 2 rings (SSSR count). The topological polar surface area (TPSA) is 42.0 Å². The van der Waals surface area contributed by atoms with Gasteiger partial charge in [0.25, 0.3) is 6.43 Å². The molecule has 0 aliphatic heterocycles. The van der Waals surface area contributed by atoms with Crippen LogP contribution in [0.2, 0.25) is 0 Å². The van der Waals surface area contributed by atoms with Crippen LogP contribution in [0.5, 0.6) is 0 Å². The van der Waals surface area contributed by atoms with E-state index in [1.165, 1.54) is 11.3 Å². The lowest BCUT2D eigenvalue weighted by atomic mass is 10.0. The monoisotopic (exact) mass is 358 g/mol. The minimum atomic E-state index is -2.64. The van der Waals surface area contributed by atoms with Gasteiger partial charge in [0.05, 0.1) is 31.8 Å². The van der Waals surface area contributed by atoms with Crippen LogP contribution in [0.25, 0.3) is 10.4 Å². The first kappa shape index (κ1) is 18.2. The maximum Gasteiger partial charge on any atom is 0.258 e. The van der Waals surface area contributed by atoms with Crippen molar-refractivity contribution >= 4 is 22.3 Å². The van der Waals surface area contributed by atoms with Crippen LogP contribution >= 0.6 is 11.3 Å². The van der Waals surface area contributed by atoms with Crippen molar-refractivity contribution in [3.8, 4) is 10.4 Å². The number of benzene rings is 1. The molecular formula is C16H20F2N2OS2. The SMILES string of the molecule is Cc1ncsc1-c1ccc(C(N[S@@](=O)C(C)(C)C)C(F)F)cc1. The van der Waals surface area contributed by atoms with Gasteiger partial charge in [-0.2, -0.15) is 0 Å². The van der Waals surface area contributed by atoms with Gasteiger partial charge < -0.3 is 0 Å². The van der Waals surface area contributed by atoms with Gasteiger partial charge in [0, 0.05) is 0 Å². The summed E-state index contributed by atoms with van der Waals surface area (Å²) >= 11 is 1.51. The van der Waals surface area contributed by atoms with Gasteiger partial charge in [-0.1, -0.05) is 24.3 Å². The minimum Gasteiger partial charge on any atom is -0.249 e. The van der Waals surface area contributed by atoms with E-state index in [0.717, 1.165) is 16.1 Å². The Balaban J connectivity index is 2.24. The number of alkyl halides is 2. The molecule has 0 saturated carbocycles. The summed E-state index contributed by atoms with van der Waals surface area (Å²) in [6, 6.07) is 5.64. The Morgan fingerprint density at radius 3 is 2.26 bits per heavy atom. The number of hydrogen-bond donors (Lipinski definition) is 1. The van der Waals surface area contributed by atoms with Crippen molar-refractivity contribution in [3.63, 3.8) is 0 Å². The molecule has 1 N–H and O–H groups in total. The van der Waals surface area contributed by atoms with Gasteiger partial charge in [0.1, 0.15) is 6.04 Å². The van der Waals surface area contributed by atoms with Gasteiger partial charge in [0.15, 0.2) is 0 Å². The van der Waals surface area contributed by atoms with Crippen LogP contribution < -0.4 is 4.72 Å². The van der Waals surface area contributed by atoms with E-state index in [9.17, 15) is 13.0 Å². The summed E-state index contributed by atoms with van der Waals surface area (Å²) in [7, 11) is -1.56. The number of thiazole rings is 1. The lowest BCUT2D eigenvalue weighted by Crippen LogP contribution is -2.38. The zero-order valence-electron chi connectivity index (χ0n) is 13.5. The largest absolute Gasteiger partial charge is 0.258 e. The summed E-state index contributed by atoms with van der Waals surface area (Å²) < 4.78 is 40.8. The van der Waals surface area contributed by atoms with Crippen molar-refractivity contribution in [3.05, 3.63) is 41.0 Å². The zero-order chi connectivity index (χ0) is 17.2. The maximum atomic E-state index is 13.4. The van der Waals surface area contributed by atoms with Crippen molar-refractivity contribution in [2.24, 2.45) is 0 Å². The molecule has 126 valence electrons. The number of rotatable bonds is 5. The molecule has 1 aromatic carbocycles. The quantitative estimate of drug-likeness (QED) is 0.856. The average molecular weight is 358 g/mol. The van der Waals surface area contributed by atoms with Crippen LogP contribution in [0.1, 0.15) is 38.1 Å². The van der Waals surface area contributed by atoms with Crippen LogP contribution in [0.4, 0.5) is 8.78 Å². The van der Waals surface area contributed by atoms with Crippen molar-refractivity contribution in [2.75, 3.05) is 0 Å². The normalized spacial score (nSPS) is 14.9. The summed E-state index contributed by atoms with van der Waals surface area (Å²) in [6.07, 6.45) is -2.64. The van der Waals surface area contributed by atoms with E-state index in [-0.39, 0.29) is 0 Å². The minimum absolute atomic E-state index is 0.420. The Morgan fingerprint density at radius 1 is 1.22 bits per heavy atom. The van der Waals surface area contributed by atoms with Crippen LogP contribution in [-0.4, -0.2) is 20.4 Å². The molecule has 0 amide bonds. The highest BCUT2D eigenvalue weighted by atomic mass is 32.2. The van der Waals surface area contributed by atoms with Crippen LogP contribution in [0.3, 0.4) is 0 Å². The Labute approximate surface area is 141 Å². The third-order valence-corrected chi connectivity index (χ3v) is 5.88. The molecular weight excluding hydrogens is 338 g/mol. The highest BCUT2D eigenvalue weighted by Gasteiger charge is 2.29. The first-order valence-corrected chi connectivity index (χ1v) is 9.19. The Morgan fingerprint density at radius 2 is 1.83 bits per heavy atom. The van der Waals surface area contributed by atoms with Gasteiger partial charge in [-0.25, -0.2) is 22.7 Å². The average Bonchev–Trinajstić information content (AvgIpc) is 2.89. The number of halogens is 2. The number of hydrogen-bond acceptors (Lipinski definition) is 3. The second-order valence-corrected chi connectivity index (χ2v) is 9.05. The fourth-order valence-electron chi connectivity index (χ4n) is 1.98. The molecule has 0 spiro atoms. The summed E-state index contributed by atoms with van der Waals surface area (Å²) in [5, 5.41) is 0. The van der Waals surface area contributed by atoms with E-state index in [1.54, 1.807) is 50.5 Å². The van der Waals surface area contributed by atoms with Gasteiger partial charge in [-0.15, -0.1) is 11.3 Å². The highest BCUT2D eigenvalue weighted by Crippen LogP contribution is 2.30. The summed E-state index contributed by atoms with van der Waals surface area (Å²) in [5.41, 5.74) is 4.04. The predicted octanol–water partition coefficient (Wildman–Crippen LogP) is 4.48. The predicted molar refractivity (Wildman–Crippen MR) is 92.1 cm³/mol. The highest BCUT2D eigenvalue weighted by molar-refractivity contribution is 7.84. The standard InChI is InChI=1S/C16H20F2N2OS2/c1-10-14(22-9-19-10)12-7-5-11(6-8-12)13(15(17)18)20-23(21)16(2,3)4/h5-9,13,15,20H,1-4H3/t13?,23-/m0/s1. The number of aryl methyl sites for hydroxylation is 1. The molecule has 1 heterocycles. The van der Waals surface area contributed by atoms with Crippen LogP contribution in [0, 0.1) is 6.92 Å². The van der Waals surface area contributed by atoms with E-state index in [0.29, 0.717) is 5.56 Å². The zero-order valence-corrected chi connectivity index (χ0v) is 15.1. The molecule has 2 atom stereocenters. The van der Waals surface area contributed by atoms with Crippen LogP contribution in [0.15, 0.2) is 29.8 Å². The van der Waals surface area contributed by atoms with E-state index >= 15 is 0 Å². The number of nitrogens with one attached hydrogen (secondary N) is 1. The lowest BCUT2D eigenvalue weighted by Gasteiger charge is -2.24. The van der Waals surface area contributed by atoms with Crippen molar-refractivity contribution in [1.29, 1.82) is 0 Å². The third kappa shape index (κ3) is 4.43. The maximum absolute atomic E-state index is 13.4. The summed E-state index contributed by atoms with van der Waals surface area (Å²) in [5.74, 6) is 0. The molecule has 0 aliphatic carbocycles. The van der Waals surface area contributed by atoms with Crippen molar-refractivity contribution in [2.45, 2.75) is 44.9 Å². The molecule has 3 nitrogen and oxygen atoms in total. The van der Waals surface area contributed by atoms with Gasteiger partial charge in [-0.3, -0.25) is 0 Å². The smallest absolute Gasteiger partial charge is 0.249 e. The van der Waals surface area contributed by atoms with Gasteiger partial charge in [-0.05, 0) is 38.8 Å². The first-order valence-electron chi connectivity index (χ1n) is 7.17. The molecule has 0 fully saturated rings. The fourth-order valence-corrected chi connectivity index (χ4v) is 3.61. The lowest BCUT2D eigenvalue weighted by molar-refractivity contribution is 0.109. The van der Waals surface area contributed by atoms with Crippen molar-refractivity contribution < 1.29 is 13.0 Å². The van der Waals surface area contributed by atoms with E-state index < -0.39 is 28.2 Å². The Hall–Kier alpha value is -1.18. The second kappa shape index (κ2) is 7.15. The Bertz CT molecular complexity index is 678. The first-order chi connectivity index (χ1) is 10.7. The number of nitrogens with zero attached hydrogens (tertiary/aromatic N) is 1. The third-order valence-electron chi connectivity index (χ3n) is 3.32. The van der Waals surface area contributed by atoms with E-state index in [1.807, 2.05) is 6.92 Å². The van der Waals surface area contributed by atoms with E-state index in [4.69, 9.17) is 0 Å². The van der Waals surface area contributed by atoms with Gasteiger partial charge in [0.2, 0.25) is 0 Å². The molecule has 1 unspecified atom stereocenters. The molecule has 7 heteroatoms. The fraction of sp³-hybridized carbons (Fsp3) is 0.438. The molecule has 0 radical (unpaired) electrons.